The Kier molecular flexibility index (Phi) is 4.95. The summed E-state index contributed by atoms with van der Waals surface area (Å²) in [6.45, 7) is 0.237. The van der Waals surface area contributed by atoms with Crippen molar-refractivity contribution in [2.75, 3.05) is 6.61 Å². The van der Waals surface area contributed by atoms with Crippen LogP contribution in [0.25, 0.3) is 10.8 Å². The first-order chi connectivity index (χ1) is 12.0. The Morgan fingerprint density at radius 1 is 0.880 bits per heavy atom. The van der Waals surface area contributed by atoms with Crippen LogP contribution in [0.15, 0.2) is 66.7 Å². The molecule has 0 aliphatic rings. The lowest BCUT2D eigenvalue weighted by atomic mass is 9.98. The largest absolute Gasteiger partial charge is 0.493 e. The van der Waals surface area contributed by atoms with Gasteiger partial charge in [0.2, 0.25) is 0 Å². The highest BCUT2D eigenvalue weighted by Crippen LogP contribution is 2.34. The van der Waals surface area contributed by atoms with Crippen LogP contribution in [0.4, 0.5) is 13.2 Å². The van der Waals surface area contributed by atoms with Gasteiger partial charge in [0.05, 0.1) is 12.2 Å². The number of rotatable bonds is 5. The van der Waals surface area contributed by atoms with Crippen LogP contribution in [0.2, 0.25) is 0 Å². The predicted octanol–water partition coefficient (Wildman–Crippen LogP) is 5.33. The van der Waals surface area contributed by atoms with Crippen molar-refractivity contribution in [2.45, 2.75) is 18.6 Å². The van der Waals surface area contributed by atoms with Crippen molar-refractivity contribution >= 4 is 10.8 Å². The molecule has 2 N–H and O–H groups in total. The lowest BCUT2D eigenvalue weighted by molar-refractivity contribution is -0.138. The summed E-state index contributed by atoms with van der Waals surface area (Å²) in [5.74, 6) is 0.703. The molecule has 0 saturated heterocycles. The molecule has 2 nitrogen and oxygen atoms in total. The van der Waals surface area contributed by atoms with Crippen molar-refractivity contribution in [3.63, 3.8) is 0 Å². The first kappa shape index (κ1) is 17.3. The molecule has 0 heterocycles. The van der Waals surface area contributed by atoms with Gasteiger partial charge >= 0.3 is 6.18 Å². The van der Waals surface area contributed by atoms with E-state index in [9.17, 15) is 13.2 Å². The summed E-state index contributed by atoms with van der Waals surface area (Å²) < 4.78 is 45.0. The third-order valence-electron chi connectivity index (χ3n) is 4.10. The lowest BCUT2D eigenvalue weighted by Gasteiger charge is -2.18. The van der Waals surface area contributed by atoms with Crippen LogP contribution < -0.4 is 10.5 Å². The molecule has 0 aliphatic heterocycles. The van der Waals surface area contributed by atoms with Gasteiger partial charge in [-0.3, -0.25) is 0 Å². The van der Waals surface area contributed by atoms with Gasteiger partial charge in [-0.05, 0) is 23.1 Å². The van der Waals surface area contributed by atoms with Crippen molar-refractivity contribution in [1.82, 2.24) is 0 Å². The van der Waals surface area contributed by atoms with Crippen LogP contribution >= 0.6 is 0 Å². The maximum absolute atomic E-state index is 13.1. The highest BCUT2D eigenvalue weighted by Gasteiger charge is 2.34. The van der Waals surface area contributed by atoms with E-state index in [0.29, 0.717) is 5.75 Å². The lowest BCUT2D eigenvalue weighted by Crippen LogP contribution is -2.19. The average Bonchev–Trinajstić information content (AvgIpc) is 2.61. The average molecular weight is 345 g/mol. The molecule has 0 bridgehead atoms. The number of benzene rings is 3. The molecule has 5 heteroatoms. The molecule has 0 amide bonds. The van der Waals surface area contributed by atoms with Crippen LogP contribution in [0, 0.1) is 0 Å². The zero-order valence-corrected chi connectivity index (χ0v) is 13.5. The minimum absolute atomic E-state index is 0.0940. The summed E-state index contributed by atoms with van der Waals surface area (Å²) in [4.78, 5) is 0. The van der Waals surface area contributed by atoms with E-state index in [0.717, 1.165) is 16.8 Å². The Labute approximate surface area is 144 Å². The molecule has 0 spiro atoms. The predicted molar refractivity (Wildman–Crippen MR) is 92.4 cm³/mol. The molecule has 25 heavy (non-hydrogen) atoms. The number of fused-ring (bicyclic) bond motifs is 1. The maximum atomic E-state index is 13.1. The second kappa shape index (κ2) is 7.15. The Bertz CT molecular complexity index is 855. The van der Waals surface area contributed by atoms with Gasteiger partial charge in [0.15, 0.2) is 0 Å². The Hall–Kier alpha value is -2.53. The summed E-state index contributed by atoms with van der Waals surface area (Å²) in [5, 5.41) is 2.01. The molecule has 130 valence electrons. The smallest absolute Gasteiger partial charge is 0.416 e. The fourth-order valence-corrected chi connectivity index (χ4v) is 2.85. The van der Waals surface area contributed by atoms with Gasteiger partial charge in [0, 0.05) is 17.8 Å². The van der Waals surface area contributed by atoms with E-state index in [-0.39, 0.29) is 18.6 Å². The zero-order chi connectivity index (χ0) is 17.9. The van der Waals surface area contributed by atoms with Gasteiger partial charge in [-0.25, -0.2) is 0 Å². The highest BCUT2D eigenvalue weighted by molar-refractivity contribution is 5.88. The van der Waals surface area contributed by atoms with E-state index in [2.05, 4.69) is 0 Å². The monoisotopic (exact) mass is 345 g/mol. The van der Waals surface area contributed by atoms with Gasteiger partial charge in [-0.15, -0.1) is 0 Å². The Balaban J connectivity index is 1.70. The van der Waals surface area contributed by atoms with Crippen molar-refractivity contribution in [3.05, 3.63) is 77.9 Å². The van der Waals surface area contributed by atoms with E-state index in [4.69, 9.17) is 10.5 Å². The fraction of sp³-hybridized carbons (Fsp3) is 0.200. The van der Waals surface area contributed by atoms with Gasteiger partial charge < -0.3 is 10.5 Å². The SMILES string of the molecule is NC(CCOc1cccc2ccccc12)c1ccccc1C(F)(F)F. The first-order valence-electron chi connectivity index (χ1n) is 7.99. The second-order valence-electron chi connectivity index (χ2n) is 5.81. The van der Waals surface area contributed by atoms with Crippen molar-refractivity contribution in [3.8, 4) is 5.75 Å². The van der Waals surface area contributed by atoms with E-state index in [1.165, 1.54) is 12.1 Å². The minimum Gasteiger partial charge on any atom is -0.493 e. The Morgan fingerprint density at radius 3 is 2.36 bits per heavy atom. The molecule has 0 aliphatic carbocycles. The molecule has 1 atom stereocenters. The molecule has 0 fully saturated rings. The minimum atomic E-state index is -4.41. The third-order valence-corrected chi connectivity index (χ3v) is 4.10. The molecule has 0 radical (unpaired) electrons. The molecule has 0 saturated carbocycles. The standard InChI is InChI=1S/C20H18F3NO/c21-20(22,23)17-10-4-3-9-16(17)18(24)12-13-25-19-11-5-7-14-6-1-2-8-15(14)19/h1-11,18H,12-13,24H2. The number of nitrogens with two attached hydrogens (primary N) is 1. The van der Waals surface area contributed by atoms with Gasteiger partial charge in [0.1, 0.15) is 5.75 Å². The normalized spacial score (nSPS) is 13.0. The molecule has 3 aromatic rings. The van der Waals surface area contributed by atoms with Crippen LogP contribution in [-0.4, -0.2) is 6.61 Å². The van der Waals surface area contributed by atoms with E-state index in [1.54, 1.807) is 6.07 Å². The fourth-order valence-electron chi connectivity index (χ4n) is 2.85. The van der Waals surface area contributed by atoms with Gasteiger partial charge in [-0.2, -0.15) is 13.2 Å². The van der Waals surface area contributed by atoms with Crippen molar-refractivity contribution < 1.29 is 17.9 Å². The highest BCUT2D eigenvalue weighted by atomic mass is 19.4. The summed E-state index contributed by atoms with van der Waals surface area (Å²) in [7, 11) is 0. The van der Waals surface area contributed by atoms with E-state index < -0.39 is 17.8 Å². The van der Waals surface area contributed by atoms with Gasteiger partial charge in [-0.1, -0.05) is 54.6 Å². The summed E-state index contributed by atoms with van der Waals surface area (Å²) >= 11 is 0. The zero-order valence-electron chi connectivity index (χ0n) is 13.5. The molecule has 3 rings (SSSR count). The number of hydrogen-bond acceptors (Lipinski definition) is 2. The first-order valence-corrected chi connectivity index (χ1v) is 7.99. The molecule has 3 aromatic carbocycles. The molecular weight excluding hydrogens is 327 g/mol. The number of ether oxygens (including phenoxy) is 1. The topological polar surface area (TPSA) is 35.2 Å². The van der Waals surface area contributed by atoms with Crippen LogP contribution in [0.1, 0.15) is 23.6 Å². The number of halogens is 3. The van der Waals surface area contributed by atoms with Gasteiger partial charge in [0.25, 0.3) is 0 Å². The number of hydrogen-bond donors (Lipinski definition) is 1. The second-order valence-corrected chi connectivity index (χ2v) is 5.81. The summed E-state index contributed by atoms with van der Waals surface area (Å²) in [5.41, 5.74) is 5.40. The third kappa shape index (κ3) is 3.94. The quantitative estimate of drug-likeness (QED) is 0.678. The van der Waals surface area contributed by atoms with E-state index in [1.807, 2.05) is 42.5 Å². The summed E-state index contributed by atoms with van der Waals surface area (Å²) in [6, 6.07) is 18.2. The molecule has 1 unspecified atom stereocenters. The molecular formula is C20H18F3NO. The number of alkyl halides is 3. The molecule has 0 aromatic heterocycles. The summed E-state index contributed by atoms with van der Waals surface area (Å²) in [6.07, 6.45) is -4.12. The van der Waals surface area contributed by atoms with Crippen molar-refractivity contribution in [2.24, 2.45) is 5.73 Å². The van der Waals surface area contributed by atoms with E-state index >= 15 is 0 Å². The van der Waals surface area contributed by atoms with Crippen LogP contribution in [0.5, 0.6) is 5.75 Å². The van der Waals surface area contributed by atoms with Crippen molar-refractivity contribution in [1.29, 1.82) is 0 Å². The Morgan fingerprint density at radius 2 is 1.56 bits per heavy atom. The maximum Gasteiger partial charge on any atom is 0.416 e. The van der Waals surface area contributed by atoms with Crippen LogP contribution in [-0.2, 0) is 6.18 Å². The van der Waals surface area contributed by atoms with Crippen LogP contribution in [0.3, 0.4) is 0 Å².